The summed E-state index contributed by atoms with van der Waals surface area (Å²) < 4.78 is 1.77. The van der Waals surface area contributed by atoms with Gasteiger partial charge in [-0.15, -0.1) is 0 Å². The van der Waals surface area contributed by atoms with Crippen LogP contribution in [0.25, 0.3) is 11.0 Å². The quantitative estimate of drug-likeness (QED) is 0.828. The third kappa shape index (κ3) is 1.59. The Kier molecular flexibility index (Phi) is 2.40. The normalized spacial score (nSPS) is 19.2. The second-order valence-electron chi connectivity index (χ2n) is 4.62. The lowest BCUT2D eigenvalue weighted by Crippen LogP contribution is -2.01. The first-order valence-electron chi connectivity index (χ1n) is 5.95. The summed E-state index contributed by atoms with van der Waals surface area (Å²) in [6.45, 7) is 2.10. The molecule has 2 aromatic rings. The fourth-order valence-electron chi connectivity index (χ4n) is 2.33. The molecule has 3 rings (SSSR count). The average Bonchev–Trinajstić information content (AvgIpc) is 2.70. The lowest BCUT2D eigenvalue weighted by Gasteiger charge is -2.12. The van der Waals surface area contributed by atoms with Crippen molar-refractivity contribution >= 4 is 16.9 Å². The van der Waals surface area contributed by atoms with Gasteiger partial charge in [0.25, 0.3) is 0 Å². The van der Waals surface area contributed by atoms with Crippen LogP contribution in [0.4, 0.5) is 5.82 Å². The summed E-state index contributed by atoms with van der Waals surface area (Å²) in [7, 11) is 1.88. The summed E-state index contributed by atoms with van der Waals surface area (Å²) in [5, 5.41) is 5.43. The molecule has 0 spiro atoms. The number of anilines is 1. The van der Waals surface area contributed by atoms with E-state index >= 15 is 0 Å². The minimum atomic E-state index is 0.255. The van der Waals surface area contributed by atoms with Gasteiger partial charge in [-0.3, -0.25) is 0 Å². The van der Waals surface area contributed by atoms with E-state index in [1.54, 1.807) is 4.68 Å². The zero-order chi connectivity index (χ0) is 12.7. The second kappa shape index (κ2) is 3.94. The van der Waals surface area contributed by atoms with Crippen LogP contribution in [0.1, 0.15) is 25.0 Å². The Hall–Kier alpha value is -2.17. The molecule has 5 heteroatoms. The Bertz CT molecular complexity index is 665. The van der Waals surface area contributed by atoms with Gasteiger partial charge in [0.1, 0.15) is 12.1 Å². The van der Waals surface area contributed by atoms with Crippen molar-refractivity contribution in [3.63, 3.8) is 0 Å². The van der Waals surface area contributed by atoms with Gasteiger partial charge in [0.2, 0.25) is 0 Å². The van der Waals surface area contributed by atoms with Gasteiger partial charge in [0.05, 0.1) is 11.1 Å². The van der Waals surface area contributed by atoms with Gasteiger partial charge < -0.3 is 5.73 Å². The minimum Gasteiger partial charge on any atom is -0.383 e. The van der Waals surface area contributed by atoms with Gasteiger partial charge in [0, 0.05) is 13.0 Å². The summed E-state index contributed by atoms with van der Waals surface area (Å²) >= 11 is 0. The number of nitrogen functional groups attached to an aromatic ring is 1. The molecule has 0 aliphatic heterocycles. The number of hydrogen-bond donors (Lipinski definition) is 1. The summed E-state index contributed by atoms with van der Waals surface area (Å²) in [6.07, 6.45) is 8.93. The Morgan fingerprint density at radius 3 is 2.94 bits per heavy atom. The highest BCUT2D eigenvalue weighted by molar-refractivity contribution is 5.88. The minimum absolute atomic E-state index is 0.255. The number of hydrogen-bond acceptors (Lipinski definition) is 4. The molecule has 0 bridgehead atoms. The van der Waals surface area contributed by atoms with E-state index in [1.807, 2.05) is 7.05 Å². The zero-order valence-electron chi connectivity index (χ0n) is 10.5. The Balaban J connectivity index is 2.16. The lowest BCUT2D eigenvalue weighted by molar-refractivity contribution is 0.723. The summed E-state index contributed by atoms with van der Waals surface area (Å²) in [4.78, 5) is 8.31. The van der Waals surface area contributed by atoms with E-state index in [4.69, 9.17) is 5.73 Å². The Morgan fingerprint density at radius 1 is 1.39 bits per heavy atom. The predicted molar refractivity (Wildman–Crippen MR) is 71.0 cm³/mol. The highest BCUT2D eigenvalue weighted by Gasteiger charge is 2.20. The Labute approximate surface area is 105 Å². The van der Waals surface area contributed by atoms with Gasteiger partial charge in [-0.2, -0.15) is 5.10 Å². The van der Waals surface area contributed by atoms with Crippen molar-refractivity contribution in [2.45, 2.75) is 19.3 Å². The highest BCUT2D eigenvalue weighted by Crippen LogP contribution is 2.32. The number of fused-ring (bicyclic) bond motifs is 1. The molecule has 0 amide bonds. The first-order valence-corrected chi connectivity index (χ1v) is 5.95. The maximum Gasteiger partial charge on any atom is 0.163 e. The van der Waals surface area contributed by atoms with E-state index in [0.717, 1.165) is 23.1 Å². The third-order valence-corrected chi connectivity index (χ3v) is 3.31. The molecular weight excluding hydrogens is 226 g/mol. The van der Waals surface area contributed by atoms with Crippen LogP contribution in [-0.2, 0) is 7.05 Å². The topological polar surface area (TPSA) is 69.6 Å². The molecule has 1 unspecified atom stereocenters. The monoisotopic (exact) mass is 241 g/mol. The highest BCUT2D eigenvalue weighted by atomic mass is 15.3. The summed E-state index contributed by atoms with van der Waals surface area (Å²) in [6, 6.07) is 0. The van der Waals surface area contributed by atoms with Crippen molar-refractivity contribution in [3.05, 3.63) is 35.8 Å². The van der Waals surface area contributed by atoms with Crippen molar-refractivity contribution in [2.75, 3.05) is 5.73 Å². The van der Waals surface area contributed by atoms with Crippen molar-refractivity contribution in [1.29, 1.82) is 0 Å². The SMILES string of the molecule is CC1=CCC(c2nn(C)c3ncnc(N)c23)C=C1. The molecule has 2 N–H and O–H groups in total. The Morgan fingerprint density at radius 2 is 2.22 bits per heavy atom. The van der Waals surface area contributed by atoms with Crippen molar-refractivity contribution in [1.82, 2.24) is 19.7 Å². The molecule has 1 aliphatic carbocycles. The predicted octanol–water partition coefficient (Wildman–Crippen LogP) is 1.94. The van der Waals surface area contributed by atoms with E-state index in [0.29, 0.717) is 5.82 Å². The van der Waals surface area contributed by atoms with E-state index in [1.165, 1.54) is 11.9 Å². The summed E-state index contributed by atoms with van der Waals surface area (Å²) in [5.41, 5.74) is 9.00. The fraction of sp³-hybridized carbons (Fsp3) is 0.308. The number of nitrogens with zero attached hydrogens (tertiary/aromatic N) is 4. The largest absolute Gasteiger partial charge is 0.383 e. The molecule has 0 fully saturated rings. The molecule has 1 aliphatic rings. The number of allylic oxidation sites excluding steroid dienone is 4. The molecular formula is C13H15N5. The first kappa shape index (κ1) is 11.0. The second-order valence-corrected chi connectivity index (χ2v) is 4.62. The van der Waals surface area contributed by atoms with E-state index in [9.17, 15) is 0 Å². The van der Waals surface area contributed by atoms with Crippen LogP contribution in [0.2, 0.25) is 0 Å². The van der Waals surface area contributed by atoms with E-state index in [-0.39, 0.29) is 5.92 Å². The molecule has 18 heavy (non-hydrogen) atoms. The van der Waals surface area contributed by atoms with Crippen LogP contribution in [0.15, 0.2) is 30.1 Å². The molecule has 2 heterocycles. The first-order chi connectivity index (χ1) is 8.66. The van der Waals surface area contributed by atoms with E-state index < -0.39 is 0 Å². The molecule has 92 valence electrons. The van der Waals surface area contributed by atoms with Crippen LogP contribution in [0.3, 0.4) is 0 Å². The molecule has 0 saturated carbocycles. The van der Waals surface area contributed by atoms with Crippen LogP contribution in [0, 0.1) is 0 Å². The van der Waals surface area contributed by atoms with Crippen LogP contribution >= 0.6 is 0 Å². The van der Waals surface area contributed by atoms with Gasteiger partial charge >= 0.3 is 0 Å². The van der Waals surface area contributed by atoms with Crippen LogP contribution in [-0.4, -0.2) is 19.7 Å². The molecule has 0 saturated heterocycles. The molecule has 2 aromatic heterocycles. The maximum absolute atomic E-state index is 5.96. The standard InChI is InChI=1S/C13H15N5/c1-8-3-5-9(6-4-8)11-10-12(14)15-7-16-13(10)18(2)17-11/h3-5,7,9H,6H2,1-2H3,(H2,14,15,16). The summed E-state index contributed by atoms with van der Waals surface area (Å²) in [5.74, 6) is 0.758. The number of aromatic nitrogens is 4. The fourth-order valence-corrected chi connectivity index (χ4v) is 2.33. The number of rotatable bonds is 1. The van der Waals surface area contributed by atoms with Crippen LogP contribution in [0.5, 0.6) is 0 Å². The number of aryl methyl sites for hydroxylation is 1. The van der Waals surface area contributed by atoms with E-state index in [2.05, 4.69) is 40.2 Å². The zero-order valence-corrected chi connectivity index (χ0v) is 10.5. The average molecular weight is 241 g/mol. The molecule has 0 aromatic carbocycles. The lowest BCUT2D eigenvalue weighted by atomic mass is 9.93. The molecule has 5 nitrogen and oxygen atoms in total. The van der Waals surface area contributed by atoms with Crippen molar-refractivity contribution in [2.24, 2.45) is 7.05 Å². The van der Waals surface area contributed by atoms with Crippen molar-refractivity contribution in [3.8, 4) is 0 Å². The smallest absolute Gasteiger partial charge is 0.163 e. The van der Waals surface area contributed by atoms with Gasteiger partial charge in [0.15, 0.2) is 5.65 Å². The number of nitrogens with two attached hydrogens (primary N) is 1. The maximum atomic E-state index is 5.96. The van der Waals surface area contributed by atoms with Crippen molar-refractivity contribution < 1.29 is 0 Å². The molecule has 0 radical (unpaired) electrons. The van der Waals surface area contributed by atoms with Gasteiger partial charge in [-0.1, -0.05) is 23.8 Å². The van der Waals surface area contributed by atoms with Crippen LogP contribution < -0.4 is 5.73 Å². The van der Waals surface area contributed by atoms with Gasteiger partial charge in [-0.05, 0) is 13.3 Å². The van der Waals surface area contributed by atoms with Gasteiger partial charge in [-0.25, -0.2) is 14.6 Å². The molecule has 1 atom stereocenters. The third-order valence-electron chi connectivity index (χ3n) is 3.31.